The molecular weight excluding hydrogens is 316 g/mol. The van der Waals surface area contributed by atoms with Gasteiger partial charge in [0.1, 0.15) is 5.69 Å². The topological polar surface area (TPSA) is 78.1 Å². The highest BCUT2D eigenvalue weighted by atomic mass is 35.5. The molecule has 2 heterocycles. The fourth-order valence-electron chi connectivity index (χ4n) is 2.70. The first-order chi connectivity index (χ1) is 11.0. The average molecular weight is 333 g/mol. The first-order valence-electron chi connectivity index (χ1n) is 7.36. The molecule has 0 spiro atoms. The van der Waals surface area contributed by atoms with E-state index in [4.69, 9.17) is 11.6 Å². The Hall–Kier alpha value is -2.34. The maximum absolute atomic E-state index is 12.2. The lowest BCUT2D eigenvalue weighted by atomic mass is 10.2. The molecule has 2 aromatic rings. The summed E-state index contributed by atoms with van der Waals surface area (Å²) in [6.45, 7) is 2.71. The van der Waals surface area contributed by atoms with Crippen molar-refractivity contribution in [2.24, 2.45) is 0 Å². The third kappa shape index (κ3) is 3.37. The summed E-state index contributed by atoms with van der Waals surface area (Å²) in [6, 6.07) is 7.23. The lowest BCUT2D eigenvalue weighted by Gasteiger charge is -2.17. The Balaban J connectivity index is 1.63. The van der Waals surface area contributed by atoms with Gasteiger partial charge in [0, 0.05) is 30.2 Å². The number of carbonyl (C=O) groups excluding carboxylic acids is 2. The molecule has 1 aliphatic rings. The highest BCUT2D eigenvalue weighted by Gasteiger charge is 2.31. The largest absolute Gasteiger partial charge is 0.348 e. The molecule has 1 unspecified atom stereocenters. The van der Waals surface area contributed by atoms with Crippen LogP contribution in [0.3, 0.4) is 0 Å². The number of aryl methyl sites for hydroxylation is 1. The third-order valence-electron chi connectivity index (χ3n) is 3.91. The number of nitrogens with zero attached hydrogens (tertiary/aromatic N) is 2. The molecule has 1 saturated heterocycles. The smallest absolute Gasteiger partial charge is 0.272 e. The van der Waals surface area contributed by atoms with E-state index < -0.39 is 0 Å². The second-order valence-corrected chi connectivity index (χ2v) is 6.02. The van der Waals surface area contributed by atoms with E-state index >= 15 is 0 Å². The van der Waals surface area contributed by atoms with Crippen molar-refractivity contribution in [2.45, 2.75) is 25.9 Å². The van der Waals surface area contributed by atoms with E-state index in [9.17, 15) is 9.59 Å². The number of amides is 2. The van der Waals surface area contributed by atoms with Gasteiger partial charge < -0.3 is 15.2 Å². The highest BCUT2D eigenvalue weighted by Crippen LogP contribution is 2.20. The van der Waals surface area contributed by atoms with Crippen LogP contribution in [0.2, 0.25) is 5.02 Å². The maximum atomic E-state index is 12.2. The molecule has 1 aromatic carbocycles. The van der Waals surface area contributed by atoms with Crippen molar-refractivity contribution in [3.05, 3.63) is 52.6 Å². The number of imidazole rings is 1. The fraction of sp³-hybridized carbons (Fsp3) is 0.312. The molecule has 6 nitrogen and oxygen atoms in total. The quantitative estimate of drug-likeness (QED) is 0.897. The van der Waals surface area contributed by atoms with Gasteiger partial charge in [0.25, 0.3) is 5.91 Å². The number of carbonyl (C=O) groups is 2. The van der Waals surface area contributed by atoms with Gasteiger partial charge in [-0.3, -0.25) is 9.59 Å². The van der Waals surface area contributed by atoms with Crippen LogP contribution in [0.15, 0.2) is 30.6 Å². The standard InChI is InChI=1S/C16H17ClN4O2/c1-10-15(19-9-18-10)16(23)20-12-6-14(22)21(8-12)7-11-4-2-3-5-13(11)17/h2-5,9,12H,6-8H2,1H3,(H,18,19)(H,20,23). The van der Waals surface area contributed by atoms with Crippen molar-refractivity contribution in [3.63, 3.8) is 0 Å². The number of rotatable bonds is 4. The molecule has 3 rings (SSSR count). The predicted octanol–water partition coefficient (Wildman–Crippen LogP) is 1.90. The Morgan fingerprint density at radius 2 is 2.26 bits per heavy atom. The molecule has 7 heteroatoms. The van der Waals surface area contributed by atoms with E-state index in [0.717, 1.165) is 5.56 Å². The first kappa shape index (κ1) is 15.6. The minimum Gasteiger partial charge on any atom is -0.348 e. The van der Waals surface area contributed by atoms with Gasteiger partial charge in [-0.15, -0.1) is 0 Å². The minimum atomic E-state index is -0.263. The molecular formula is C16H17ClN4O2. The number of hydrogen-bond acceptors (Lipinski definition) is 3. The van der Waals surface area contributed by atoms with Gasteiger partial charge in [0.15, 0.2) is 0 Å². The van der Waals surface area contributed by atoms with Crippen molar-refractivity contribution in [3.8, 4) is 0 Å². The minimum absolute atomic E-state index is 0.00831. The van der Waals surface area contributed by atoms with Crippen LogP contribution in [0.1, 0.15) is 28.2 Å². The second-order valence-electron chi connectivity index (χ2n) is 5.62. The van der Waals surface area contributed by atoms with E-state index in [2.05, 4.69) is 15.3 Å². The number of aromatic nitrogens is 2. The first-order valence-corrected chi connectivity index (χ1v) is 7.74. The van der Waals surface area contributed by atoms with Crippen LogP contribution >= 0.6 is 11.6 Å². The highest BCUT2D eigenvalue weighted by molar-refractivity contribution is 6.31. The molecule has 2 N–H and O–H groups in total. The van der Waals surface area contributed by atoms with Gasteiger partial charge in [-0.05, 0) is 18.6 Å². The van der Waals surface area contributed by atoms with E-state index in [1.807, 2.05) is 18.2 Å². The number of aromatic amines is 1. The maximum Gasteiger partial charge on any atom is 0.272 e. The van der Waals surface area contributed by atoms with Crippen LogP contribution in [-0.4, -0.2) is 39.3 Å². The van der Waals surface area contributed by atoms with Crippen LogP contribution in [-0.2, 0) is 11.3 Å². The summed E-state index contributed by atoms with van der Waals surface area (Å²) in [4.78, 5) is 32.9. The van der Waals surface area contributed by atoms with Gasteiger partial charge in [-0.25, -0.2) is 4.98 Å². The molecule has 1 aliphatic heterocycles. The predicted molar refractivity (Wildman–Crippen MR) is 86.1 cm³/mol. The van der Waals surface area contributed by atoms with Crippen molar-refractivity contribution < 1.29 is 9.59 Å². The SMILES string of the molecule is Cc1[nH]cnc1C(=O)NC1CC(=O)N(Cc2ccccc2Cl)C1. The number of benzene rings is 1. The molecule has 1 atom stereocenters. The van der Waals surface area contributed by atoms with Crippen LogP contribution in [0.4, 0.5) is 0 Å². The van der Waals surface area contributed by atoms with Gasteiger partial charge in [-0.2, -0.15) is 0 Å². The lowest BCUT2D eigenvalue weighted by Crippen LogP contribution is -2.37. The number of hydrogen-bond donors (Lipinski definition) is 2. The Morgan fingerprint density at radius 3 is 2.96 bits per heavy atom. The Labute approximate surface area is 138 Å². The summed E-state index contributed by atoms with van der Waals surface area (Å²) in [6.07, 6.45) is 1.77. The van der Waals surface area contributed by atoms with Gasteiger partial charge in [0.2, 0.25) is 5.91 Å². The van der Waals surface area contributed by atoms with Gasteiger partial charge >= 0.3 is 0 Å². The zero-order chi connectivity index (χ0) is 16.4. The monoisotopic (exact) mass is 332 g/mol. The Bertz CT molecular complexity index is 743. The van der Waals surface area contributed by atoms with Crippen LogP contribution in [0.5, 0.6) is 0 Å². The summed E-state index contributed by atoms with van der Waals surface area (Å²) in [5.41, 5.74) is 1.97. The summed E-state index contributed by atoms with van der Waals surface area (Å²) in [5.74, 6) is -0.255. The van der Waals surface area contributed by atoms with Crippen molar-refractivity contribution >= 4 is 23.4 Å². The van der Waals surface area contributed by atoms with Gasteiger partial charge in [-0.1, -0.05) is 29.8 Å². The van der Waals surface area contributed by atoms with E-state index in [1.54, 1.807) is 17.9 Å². The zero-order valence-electron chi connectivity index (χ0n) is 12.7. The van der Waals surface area contributed by atoms with Crippen LogP contribution in [0.25, 0.3) is 0 Å². The van der Waals surface area contributed by atoms with Crippen LogP contribution in [0, 0.1) is 6.92 Å². The second kappa shape index (κ2) is 6.42. The molecule has 0 saturated carbocycles. The zero-order valence-corrected chi connectivity index (χ0v) is 13.4. The van der Waals surface area contributed by atoms with Crippen molar-refractivity contribution in [1.29, 1.82) is 0 Å². The number of likely N-dealkylation sites (tertiary alicyclic amines) is 1. The molecule has 0 radical (unpaired) electrons. The summed E-state index contributed by atoms with van der Waals surface area (Å²) in [7, 11) is 0. The Kier molecular flexibility index (Phi) is 4.34. The molecule has 0 bridgehead atoms. The number of nitrogens with one attached hydrogen (secondary N) is 2. The molecule has 120 valence electrons. The molecule has 0 aliphatic carbocycles. The normalized spacial score (nSPS) is 17.6. The van der Waals surface area contributed by atoms with E-state index in [-0.39, 0.29) is 17.9 Å². The molecule has 2 amide bonds. The summed E-state index contributed by atoms with van der Waals surface area (Å²) >= 11 is 6.14. The summed E-state index contributed by atoms with van der Waals surface area (Å²) < 4.78 is 0. The average Bonchev–Trinajstić information content (AvgIpc) is 3.08. The van der Waals surface area contributed by atoms with Crippen molar-refractivity contribution in [1.82, 2.24) is 20.2 Å². The third-order valence-corrected chi connectivity index (χ3v) is 4.28. The van der Waals surface area contributed by atoms with Gasteiger partial charge in [0.05, 0.1) is 12.4 Å². The van der Waals surface area contributed by atoms with E-state index in [0.29, 0.717) is 35.9 Å². The fourth-order valence-corrected chi connectivity index (χ4v) is 2.89. The number of halogens is 1. The molecule has 23 heavy (non-hydrogen) atoms. The molecule has 1 aromatic heterocycles. The number of H-pyrrole nitrogens is 1. The molecule has 1 fully saturated rings. The van der Waals surface area contributed by atoms with Crippen LogP contribution < -0.4 is 5.32 Å². The van der Waals surface area contributed by atoms with E-state index in [1.165, 1.54) is 6.33 Å². The Morgan fingerprint density at radius 1 is 1.48 bits per heavy atom. The summed E-state index contributed by atoms with van der Waals surface area (Å²) in [5, 5.41) is 3.50. The lowest BCUT2D eigenvalue weighted by molar-refractivity contribution is -0.128. The van der Waals surface area contributed by atoms with Crippen molar-refractivity contribution in [2.75, 3.05) is 6.54 Å².